The number of methoxy groups -OCH3 is 1. The lowest BCUT2D eigenvalue weighted by molar-refractivity contribution is -0.147. The lowest BCUT2D eigenvalue weighted by atomic mass is 9.66. The fourth-order valence-electron chi connectivity index (χ4n) is 3.99. The summed E-state index contributed by atoms with van der Waals surface area (Å²) in [6, 6.07) is 2.00. The molecule has 4 atom stereocenters. The lowest BCUT2D eigenvalue weighted by Gasteiger charge is -2.46. The molecule has 0 N–H and O–H groups in total. The summed E-state index contributed by atoms with van der Waals surface area (Å²) in [6.07, 6.45) is 4.13. The highest BCUT2D eigenvalue weighted by atomic mass is 16.6. The van der Waals surface area contributed by atoms with Gasteiger partial charge in [0.15, 0.2) is 5.92 Å². The van der Waals surface area contributed by atoms with Crippen molar-refractivity contribution in [2.45, 2.75) is 64.1 Å². The van der Waals surface area contributed by atoms with Crippen LogP contribution in [0, 0.1) is 22.7 Å². The van der Waals surface area contributed by atoms with Gasteiger partial charge in [0.05, 0.1) is 13.2 Å². The monoisotopic (exact) mass is 334 g/mol. The quantitative estimate of drug-likeness (QED) is 0.585. The second-order valence-corrected chi connectivity index (χ2v) is 7.70. The van der Waals surface area contributed by atoms with Crippen molar-refractivity contribution in [1.82, 2.24) is 4.90 Å². The Morgan fingerprint density at radius 1 is 1.33 bits per heavy atom. The van der Waals surface area contributed by atoms with E-state index < -0.39 is 22.9 Å². The Morgan fingerprint density at radius 3 is 2.25 bits per heavy atom. The Balaban J connectivity index is 2.25. The zero-order valence-electron chi connectivity index (χ0n) is 14.9. The molecule has 0 unspecified atom stereocenters. The number of nitriles is 1. The van der Waals surface area contributed by atoms with Crippen molar-refractivity contribution in [3.63, 3.8) is 0 Å². The van der Waals surface area contributed by atoms with Crippen LogP contribution >= 0.6 is 0 Å². The van der Waals surface area contributed by atoms with Crippen LogP contribution in [0.1, 0.15) is 46.5 Å². The number of esters is 1. The van der Waals surface area contributed by atoms with Gasteiger partial charge in [-0.25, -0.2) is 4.79 Å². The number of nitrogens with zero attached hydrogens (tertiary/aromatic N) is 2. The van der Waals surface area contributed by atoms with Gasteiger partial charge in [-0.05, 0) is 46.5 Å². The van der Waals surface area contributed by atoms with Crippen LogP contribution in [0.4, 0.5) is 4.79 Å². The van der Waals surface area contributed by atoms with Crippen LogP contribution in [0.25, 0.3) is 0 Å². The van der Waals surface area contributed by atoms with Gasteiger partial charge in [0.1, 0.15) is 5.60 Å². The predicted octanol–water partition coefficient (Wildman–Crippen LogP) is 3.03. The fraction of sp³-hybridized carbons (Fsp3) is 0.722. The molecular formula is C18H26N2O4. The molecule has 6 nitrogen and oxygen atoms in total. The molecule has 2 heterocycles. The summed E-state index contributed by atoms with van der Waals surface area (Å²) in [7, 11) is 1.29. The third-order valence-corrected chi connectivity index (χ3v) is 5.00. The zero-order chi connectivity index (χ0) is 18.1. The van der Waals surface area contributed by atoms with E-state index in [0.29, 0.717) is 12.8 Å². The Labute approximate surface area is 143 Å². The van der Waals surface area contributed by atoms with Crippen LogP contribution in [-0.2, 0) is 14.3 Å². The first-order valence-electron chi connectivity index (χ1n) is 8.30. The van der Waals surface area contributed by atoms with Crippen molar-refractivity contribution >= 4 is 12.1 Å². The normalized spacial score (nSPS) is 30.2. The minimum Gasteiger partial charge on any atom is -0.468 e. The summed E-state index contributed by atoms with van der Waals surface area (Å²) in [4.78, 5) is 26.4. The third-order valence-electron chi connectivity index (χ3n) is 5.00. The highest BCUT2D eigenvalue weighted by Gasteiger charge is 2.54. The van der Waals surface area contributed by atoms with Crippen LogP contribution < -0.4 is 0 Å². The van der Waals surface area contributed by atoms with E-state index in [-0.39, 0.29) is 18.2 Å². The van der Waals surface area contributed by atoms with Gasteiger partial charge in [-0.3, -0.25) is 4.79 Å². The minimum absolute atomic E-state index is 0.0443. The Bertz CT molecular complexity index is 559. The van der Waals surface area contributed by atoms with Crippen LogP contribution in [0.5, 0.6) is 0 Å². The standard InChI is InChI=1S/C18H26N2O4/c1-6-18(14(11-19)15(21)23-5)9-12-7-8-13(10-18)20(12)16(22)24-17(2,3)4/h6,12-14H,1,7-10H2,2-5H3/t12-,13+,14-,18-/m1/s1. The van der Waals surface area contributed by atoms with E-state index in [1.807, 2.05) is 20.8 Å². The second-order valence-electron chi connectivity index (χ2n) is 7.70. The Kier molecular flexibility index (Phi) is 4.93. The van der Waals surface area contributed by atoms with Crippen molar-refractivity contribution in [3.05, 3.63) is 12.7 Å². The molecule has 2 rings (SSSR count). The maximum atomic E-state index is 12.5. The van der Waals surface area contributed by atoms with E-state index in [0.717, 1.165) is 12.8 Å². The number of piperidine rings is 1. The van der Waals surface area contributed by atoms with Crippen LogP contribution in [0.15, 0.2) is 12.7 Å². The molecule has 2 fully saturated rings. The summed E-state index contributed by atoms with van der Waals surface area (Å²) in [6.45, 7) is 9.40. The molecule has 0 aromatic carbocycles. The Morgan fingerprint density at radius 2 is 1.88 bits per heavy atom. The minimum atomic E-state index is -0.899. The molecular weight excluding hydrogens is 308 g/mol. The number of allylic oxidation sites excluding steroid dienone is 1. The molecule has 24 heavy (non-hydrogen) atoms. The highest BCUT2D eigenvalue weighted by Crippen LogP contribution is 2.50. The number of hydrogen-bond acceptors (Lipinski definition) is 5. The molecule has 2 aliphatic rings. The number of carbonyl (C=O) groups is 2. The third kappa shape index (κ3) is 3.26. The molecule has 0 spiro atoms. The molecule has 0 radical (unpaired) electrons. The van der Waals surface area contributed by atoms with Gasteiger partial charge in [0, 0.05) is 17.5 Å². The number of fused-ring (bicyclic) bond motifs is 2. The van der Waals surface area contributed by atoms with Gasteiger partial charge in [-0.15, -0.1) is 6.58 Å². The molecule has 1 amide bonds. The average molecular weight is 334 g/mol. The van der Waals surface area contributed by atoms with Crippen molar-refractivity contribution in [2.24, 2.45) is 11.3 Å². The van der Waals surface area contributed by atoms with Gasteiger partial charge in [-0.1, -0.05) is 6.08 Å². The van der Waals surface area contributed by atoms with Crippen molar-refractivity contribution in [2.75, 3.05) is 7.11 Å². The second kappa shape index (κ2) is 6.46. The Hall–Kier alpha value is -2.03. The molecule has 0 saturated carbocycles. The first-order chi connectivity index (χ1) is 11.2. The van der Waals surface area contributed by atoms with Gasteiger partial charge in [-0.2, -0.15) is 5.26 Å². The molecule has 132 valence electrons. The predicted molar refractivity (Wildman–Crippen MR) is 87.9 cm³/mol. The molecule has 2 saturated heterocycles. The number of hydrogen-bond donors (Lipinski definition) is 0. The SMILES string of the molecule is C=C[C@@]1([C@H](C#N)C(=O)OC)C[C@H]2CC[C@@H](C1)N2C(=O)OC(C)(C)C. The molecule has 0 aromatic rings. The molecule has 2 aliphatic heterocycles. The summed E-state index contributed by atoms with van der Waals surface area (Å²) in [5, 5.41) is 9.49. The summed E-state index contributed by atoms with van der Waals surface area (Å²) >= 11 is 0. The van der Waals surface area contributed by atoms with E-state index in [1.165, 1.54) is 7.11 Å². The van der Waals surface area contributed by atoms with E-state index in [1.54, 1.807) is 11.0 Å². The van der Waals surface area contributed by atoms with Crippen LogP contribution in [0.3, 0.4) is 0 Å². The van der Waals surface area contributed by atoms with E-state index in [4.69, 9.17) is 9.47 Å². The van der Waals surface area contributed by atoms with E-state index in [9.17, 15) is 14.9 Å². The largest absolute Gasteiger partial charge is 0.468 e. The molecule has 0 aliphatic carbocycles. The maximum Gasteiger partial charge on any atom is 0.410 e. The van der Waals surface area contributed by atoms with Crippen LogP contribution in [-0.4, -0.2) is 41.8 Å². The zero-order valence-corrected chi connectivity index (χ0v) is 14.9. The molecule has 6 heteroatoms. The number of rotatable bonds is 3. The van der Waals surface area contributed by atoms with E-state index in [2.05, 4.69) is 12.6 Å². The first-order valence-corrected chi connectivity index (χ1v) is 8.30. The maximum absolute atomic E-state index is 12.5. The van der Waals surface area contributed by atoms with E-state index >= 15 is 0 Å². The summed E-state index contributed by atoms with van der Waals surface area (Å²) in [5.41, 5.74) is -1.21. The number of amides is 1. The average Bonchev–Trinajstić information content (AvgIpc) is 2.78. The fourth-order valence-corrected chi connectivity index (χ4v) is 3.99. The van der Waals surface area contributed by atoms with Gasteiger partial charge >= 0.3 is 12.1 Å². The topological polar surface area (TPSA) is 79.6 Å². The molecule has 2 bridgehead atoms. The van der Waals surface area contributed by atoms with Gasteiger partial charge < -0.3 is 14.4 Å². The highest BCUT2D eigenvalue weighted by molar-refractivity contribution is 5.77. The lowest BCUT2D eigenvalue weighted by Crippen LogP contribution is -2.53. The van der Waals surface area contributed by atoms with Crippen molar-refractivity contribution in [3.8, 4) is 6.07 Å². The molecule has 0 aromatic heterocycles. The van der Waals surface area contributed by atoms with Gasteiger partial charge in [0.25, 0.3) is 0 Å². The number of carbonyl (C=O) groups excluding carboxylic acids is 2. The number of ether oxygens (including phenoxy) is 2. The summed E-state index contributed by atoms with van der Waals surface area (Å²) < 4.78 is 10.3. The summed E-state index contributed by atoms with van der Waals surface area (Å²) in [5.74, 6) is -1.44. The van der Waals surface area contributed by atoms with Crippen molar-refractivity contribution < 1.29 is 19.1 Å². The van der Waals surface area contributed by atoms with Gasteiger partial charge in [0.2, 0.25) is 0 Å². The first kappa shape index (κ1) is 18.3. The van der Waals surface area contributed by atoms with Crippen LogP contribution in [0.2, 0.25) is 0 Å². The van der Waals surface area contributed by atoms with Crippen molar-refractivity contribution in [1.29, 1.82) is 5.26 Å². The smallest absolute Gasteiger partial charge is 0.410 e.